The van der Waals surface area contributed by atoms with Gasteiger partial charge in [-0.15, -0.1) is 0 Å². The van der Waals surface area contributed by atoms with Crippen LogP contribution in [0.5, 0.6) is 0 Å². The summed E-state index contributed by atoms with van der Waals surface area (Å²) in [5.74, 6) is 0. The Morgan fingerprint density at radius 1 is 1.06 bits per heavy atom. The number of hydrogen-bond donors (Lipinski definition) is 6. The molecule has 1 aliphatic rings. The molecule has 0 saturated carbocycles. The summed E-state index contributed by atoms with van der Waals surface area (Å²) in [6.07, 6.45) is -8.11. The van der Waals surface area contributed by atoms with Crippen LogP contribution in [0.4, 0.5) is 0 Å². The van der Waals surface area contributed by atoms with Crippen LogP contribution >= 0.6 is 7.82 Å². The van der Waals surface area contributed by atoms with E-state index in [1.165, 1.54) is 0 Å². The van der Waals surface area contributed by atoms with Crippen molar-refractivity contribution in [2.45, 2.75) is 30.7 Å². The third kappa shape index (κ3) is 3.45. The maximum absolute atomic E-state index is 10.4. The smallest absolute Gasteiger partial charge is 0.387 e. The molecular formula is C6H13O9P. The predicted octanol–water partition coefficient (Wildman–Crippen LogP) is -3.10. The monoisotopic (exact) mass is 260 g/mol. The van der Waals surface area contributed by atoms with Crippen LogP contribution in [0.3, 0.4) is 0 Å². The van der Waals surface area contributed by atoms with Crippen molar-refractivity contribution in [3.05, 3.63) is 0 Å². The minimum Gasteiger partial charge on any atom is -0.387 e. The number of phosphoric acid groups is 1. The Morgan fingerprint density at radius 3 is 2.12 bits per heavy atom. The van der Waals surface area contributed by atoms with Gasteiger partial charge in [0, 0.05) is 0 Å². The summed E-state index contributed by atoms with van der Waals surface area (Å²) in [7, 11) is -4.73. The molecule has 1 aliphatic heterocycles. The average Bonchev–Trinajstić information content (AvgIpc) is 2.17. The van der Waals surface area contributed by atoms with Gasteiger partial charge in [-0.25, -0.2) is 4.57 Å². The van der Waals surface area contributed by atoms with Crippen LogP contribution in [-0.4, -0.2) is 67.5 Å². The Morgan fingerprint density at radius 2 is 1.62 bits per heavy atom. The van der Waals surface area contributed by atoms with Gasteiger partial charge in [0.2, 0.25) is 0 Å². The normalized spacial score (nSPS) is 41.0. The number of ether oxygens (including phenoxy) is 1. The molecule has 0 aliphatic carbocycles. The van der Waals surface area contributed by atoms with E-state index in [4.69, 9.17) is 20.0 Å². The molecule has 10 heteroatoms. The number of aliphatic hydroxyl groups is 4. The van der Waals surface area contributed by atoms with Crippen molar-refractivity contribution in [1.29, 1.82) is 0 Å². The zero-order valence-electron chi connectivity index (χ0n) is 7.95. The van der Waals surface area contributed by atoms with E-state index in [1.54, 1.807) is 0 Å². The van der Waals surface area contributed by atoms with Gasteiger partial charge < -0.3 is 34.9 Å². The van der Waals surface area contributed by atoms with E-state index in [0.29, 0.717) is 0 Å². The molecule has 0 aromatic heterocycles. The van der Waals surface area contributed by atoms with Gasteiger partial charge in [-0.05, 0) is 0 Å². The molecule has 1 rings (SSSR count). The van der Waals surface area contributed by atoms with Crippen molar-refractivity contribution in [2.24, 2.45) is 0 Å². The highest BCUT2D eigenvalue weighted by molar-refractivity contribution is 7.46. The molecule has 0 unspecified atom stereocenters. The van der Waals surface area contributed by atoms with E-state index < -0.39 is 45.1 Å². The van der Waals surface area contributed by atoms with Gasteiger partial charge in [0.15, 0.2) is 6.29 Å². The van der Waals surface area contributed by atoms with Crippen LogP contribution in [0.1, 0.15) is 0 Å². The number of rotatable bonds is 3. The summed E-state index contributed by atoms with van der Waals surface area (Å²) in [5, 5.41) is 36.7. The molecule has 6 N–H and O–H groups in total. The van der Waals surface area contributed by atoms with Crippen molar-refractivity contribution in [3.63, 3.8) is 0 Å². The highest BCUT2D eigenvalue weighted by Gasteiger charge is 2.43. The third-order valence-electron chi connectivity index (χ3n) is 2.09. The van der Waals surface area contributed by atoms with E-state index in [-0.39, 0.29) is 0 Å². The highest BCUT2D eigenvalue weighted by Crippen LogP contribution is 2.36. The summed E-state index contributed by atoms with van der Waals surface area (Å²) < 4.78 is 19.0. The largest absolute Gasteiger partial charge is 0.469 e. The summed E-state index contributed by atoms with van der Waals surface area (Å²) >= 11 is 0. The molecule has 1 saturated heterocycles. The fourth-order valence-electron chi connectivity index (χ4n) is 1.24. The minimum absolute atomic E-state index is 0.730. The van der Waals surface area contributed by atoms with Crippen LogP contribution in [0.25, 0.3) is 0 Å². The summed E-state index contributed by atoms with van der Waals surface area (Å²) in [6.45, 7) is -0.730. The maximum atomic E-state index is 10.4. The first-order valence-electron chi connectivity index (χ1n) is 4.30. The van der Waals surface area contributed by atoms with Crippen molar-refractivity contribution < 1.29 is 44.0 Å². The lowest BCUT2D eigenvalue weighted by molar-refractivity contribution is -0.285. The van der Waals surface area contributed by atoms with Crippen LogP contribution in [0.2, 0.25) is 0 Å². The van der Waals surface area contributed by atoms with Gasteiger partial charge >= 0.3 is 7.82 Å². The molecule has 5 atom stereocenters. The van der Waals surface area contributed by atoms with Crippen molar-refractivity contribution in [2.75, 3.05) is 6.61 Å². The Hall–Kier alpha value is -0.0900. The summed E-state index contributed by atoms with van der Waals surface area (Å²) in [4.78, 5) is 16.8. The lowest BCUT2D eigenvalue weighted by atomic mass is 10.00. The average molecular weight is 260 g/mol. The first kappa shape index (κ1) is 14.0. The van der Waals surface area contributed by atoms with Gasteiger partial charge in [0.1, 0.15) is 24.4 Å². The molecule has 1 fully saturated rings. The number of phosphoric ester groups is 1. The molecule has 96 valence electrons. The first-order chi connectivity index (χ1) is 7.22. The molecule has 0 aromatic rings. The van der Waals surface area contributed by atoms with E-state index in [2.05, 4.69) is 9.26 Å². The molecule has 0 amide bonds. The van der Waals surface area contributed by atoms with Crippen LogP contribution in [-0.2, 0) is 13.8 Å². The van der Waals surface area contributed by atoms with Crippen LogP contribution < -0.4 is 0 Å². The fourth-order valence-corrected chi connectivity index (χ4v) is 1.58. The van der Waals surface area contributed by atoms with Gasteiger partial charge in [-0.1, -0.05) is 0 Å². The predicted molar refractivity (Wildman–Crippen MR) is 46.9 cm³/mol. The number of aliphatic hydroxyl groups excluding tert-OH is 4. The molecule has 0 aromatic carbocycles. The quantitative estimate of drug-likeness (QED) is 0.289. The second-order valence-electron chi connectivity index (χ2n) is 3.32. The molecule has 0 bridgehead atoms. The molecule has 1 heterocycles. The first-order valence-corrected chi connectivity index (χ1v) is 5.83. The summed E-state index contributed by atoms with van der Waals surface area (Å²) in [6, 6.07) is 0. The lowest BCUT2D eigenvalue weighted by Crippen LogP contribution is -2.58. The zero-order valence-corrected chi connectivity index (χ0v) is 8.84. The van der Waals surface area contributed by atoms with Crippen molar-refractivity contribution in [3.8, 4) is 0 Å². The van der Waals surface area contributed by atoms with Gasteiger partial charge in [-0.3, -0.25) is 4.52 Å². The Balaban J connectivity index is 2.57. The summed E-state index contributed by atoms with van der Waals surface area (Å²) in [5.41, 5.74) is 0. The number of hydrogen-bond acceptors (Lipinski definition) is 7. The van der Waals surface area contributed by atoms with E-state index in [0.717, 1.165) is 0 Å². The molecule has 0 radical (unpaired) electrons. The fraction of sp³-hybridized carbons (Fsp3) is 1.00. The van der Waals surface area contributed by atoms with E-state index >= 15 is 0 Å². The Labute approximate surface area is 90.1 Å². The third-order valence-corrected chi connectivity index (χ3v) is 2.58. The van der Waals surface area contributed by atoms with Crippen molar-refractivity contribution in [1.82, 2.24) is 0 Å². The van der Waals surface area contributed by atoms with E-state index in [9.17, 15) is 14.8 Å². The maximum Gasteiger partial charge on any atom is 0.469 e. The second-order valence-corrected chi connectivity index (χ2v) is 4.56. The Kier molecular flexibility index (Phi) is 4.41. The second kappa shape index (κ2) is 5.05. The molecular weight excluding hydrogens is 247 g/mol. The van der Waals surface area contributed by atoms with Gasteiger partial charge in [0.05, 0.1) is 6.61 Å². The SMILES string of the molecule is O=P(O)(O)OC[C@H]1O[C@@H](O)[C@@H](O)[C@H](O)[C@@H]1O. The van der Waals surface area contributed by atoms with E-state index in [1.807, 2.05) is 0 Å². The van der Waals surface area contributed by atoms with Crippen LogP contribution in [0.15, 0.2) is 0 Å². The van der Waals surface area contributed by atoms with Crippen LogP contribution in [0, 0.1) is 0 Å². The Bertz CT molecular complexity index is 277. The molecule has 0 spiro atoms. The van der Waals surface area contributed by atoms with Gasteiger partial charge in [-0.2, -0.15) is 0 Å². The van der Waals surface area contributed by atoms with Gasteiger partial charge in [0.25, 0.3) is 0 Å². The lowest BCUT2D eigenvalue weighted by Gasteiger charge is -2.38. The topological polar surface area (TPSA) is 157 Å². The molecule has 16 heavy (non-hydrogen) atoms. The standard InChI is InChI=1S/C6H13O9P/c7-3-2(1-14-16(11,12)13)15-6(10)5(9)4(3)8/h2-10H,1H2,(H2,11,12,13)/t2-,3-,4-,5+,6-/m1/s1. The molecule has 9 nitrogen and oxygen atoms in total. The zero-order chi connectivity index (χ0) is 12.5. The highest BCUT2D eigenvalue weighted by atomic mass is 31.2. The van der Waals surface area contributed by atoms with Crippen molar-refractivity contribution >= 4 is 7.82 Å². The minimum atomic E-state index is -4.73.